The molecule has 1 aromatic rings. The van der Waals surface area contributed by atoms with Crippen molar-refractivity contribution in [2.24, 2.45) is 0 Å². The second-order valence-corrected chi connectivity index (χ2v) is 9.39. The molecule has 0 aliphatic carbocycles. The standard InChI is InChI=1S/C22H29NO3S/c1-15-13-17(25-19(24)7-11-23-9-5-4-6-10-23)20-16-8-12-27-21(16)22(2,3)26-18(20)14-15/h13-14H,4-12H2,1-3H3. The van der Waals surface area contributed by atoms with Gasteiger partial charge in [0.1, 0.15) is 17.1 Å². The van der Waals surface area contributed by atoms with Gasteiger partial charge in [-0.05, 0) is 76.4 Å². The lowest BCUT2D eigenvalue weighted by atomic mass is 9.91. The maximum Gasteiger partial charge on any atom is 0.312 e. The second kappa shape index (κ2) is 7.51. The summed E-state index contributed by atoms with van der Waals surface area (Å²) in [5.41, 5.74) is 3.03. The van der Waals surface area contributed by atoms with Crippen molar-refractivity contribution in [1.82, 2.24) is 4.90 Å². The number of carbonyl (C=O) groups excluding carboxylic acids is 1. The quantitative estimate of drug-likeness (QED) is 0.548. The van der Waals surface area contributed by atoms with Crippen molar-refractivity contribution in [3.8, 4) is 11.5 Å². The zero-order valence-corrected chi connectivity index (χ0v) is 17.4. The van der Waals surface area contributed by atoms with E-state index in [-0.39, 0.29) is 11.6 Å². The Morgan fingerprint density at radius 2 is 2.04 bits per heavy atom. The Balaban J connectivity index is 1.54. The van der Waals surface area contributed by atoms with Gasteiger partial charge in [0.15, 0.2) is 0 Å². The van der Waals surface area contributed by atoms with Crippen LogP contribution in [-0.4, -0.2) is 41.9 Å². The molecule has 1 saturated heterocycles. The van der Waals surface area contributed by atoms with E-state index in [4.69, 9.17) is 9.47 Å². The molecule has 3 heterocycles. The van der Waals surface area contributed by atoms with Gasteiger partial charge in [0, 0.05) is 17.2 Å². The minimum atomic E-state index is -0.313. The first-order valence-electron chi connectivity index (χ1n) is 10.1. The van der Waals surface area contributed by atoms with E-state index in [9.17, 15) is 4.79 Å². The van der Waals surface area contributed by atoms with Gasteiger partial charge in [0.25, 0.3) is 0 Å². The molecule has 0 spiro atoms. The summed E-state index contributed by atoms with van der Waals surface area (Å²) in [5, 5.41) is 0. The maximum absolute atomic E-state index is 12.6. The number of allylic oxidation sites excluding steroid dienone is 1. The number of esters is 1. The number of ether oxygens (including phenoxy) is 2. The van der Waals surface area contributed by atoms with Crippen molar-refractivity contribution in [3.63, 3.8) is 0 Å². The van der Waals surface area contributed by atoms with Gasteiger partial charge < -0.3 is 14.4 Å². The van der Waals surface area contributed by atoms with E-state index in [0.717, 1.165) is 48.7 Å². The monoisotopic (exact) mass is 387 g/mol. The van der Waals surface area contributed by atoms with E-state index in [0.29, 0.717) is 12.2 Å². The molecule has 0 N–H and O–H groups in total. The van der Waals surface area contributed by atoms with Crippen LogP contribution in [0.25, 0.3) is 5.57 Å². The summed E-state index contributed by atoms with van der Waals surface area (Å²) in [6.07, 6.45) is 5.23. The Hall–Kier alpha value is -1.46. The first-order chi connectivity index (χ1) is 12.9. The molecule has 1 fully saturated rings. The SMILES string of the molecule is Cc1cc(OC(=O)CCN2CCCCC2)c2c(c1)OC(C)(C)C1=C2CCS1. The molecule has 1 aromatic carbocycles. The average molecular weight is 388 g/mol. The van der Waals surface area contributed by atoms with E-state index < -0.39 is 0 Å². The third-order valence-corrected chi connectivity index (χ3v) is 7.04. The summed E-state index contributed by atoms with van der Waals surface area (Å²) in [6, 6.07) is 4.04. The topological polar surface area (TPSA) is 38.8 Å². The Kier molecular flexibility index (Phi) is 5.26. The number of hydrogen-bond donors (Lipinski definition) is 0. The van der Waals surface area contributed by atoms with Crippen LogP contribution in [0.15, 0.2) is 17.0 Å². The number of hydrogen-bond acceptors (Lipinski definition) is 5. The van der Waals surface area contributed by atoms with Crippen LogP contribution in [-0.2, 0) is 4.79 Å². The predicted octanol–water partition coefficient (Wildman–Crippen LogP) is 4.80. The zero-order chi connectivity index (χ0) is 19.0. The number of benzene rings is 1. The summed E-state index contributed by atoms with van der Waals surface area (Å²) in [4.78, 5) is 16.2. The number of nitrogens with zero attached hydrogens (tertiary/aromatic N) is 1. The van der Waals surface area contributed by atoms with E-state index in [1.807, 2.05) is 24.8 Å². The highest BCUT2D eigenvalue weighted by Gasteiger charge is 2.39. The molecule has 4 rings (SSSR count). The van der Waals surface area contributed by atoms with Crippen LogP contribution >= 0.6 is 11.8 Å². The van der Waals surface area contributed by atoms with Gasteiger partial charge in [0.2, 0.25) is 0 Å². The molecule has 4 nitrogen and oxygen atoms in total. The van der Waals surface area contributed by atoms with Crippen LogP contribution in [0, 0.1) is 6.92 Å². The van der Waals surface area contributed by atoms with Gasteiger partial charge in [-0.1, -0.05) is 6.42 Å². The highest BCUT2D eigenvalue weighted by molar-refractivity contribution is 8.03. The van der Waals surface area contributed by atoms with E-state index in [1.165, 1.54) is 29.7 Å². The van der Waals surface area contributed by atoms with E-state index in [2.05, 4.69) is 24.8 Å². The van der Waals surface area contributed by atoms with Gasteiger partial charge >= 0.3 is 5.97 Å². The van der Waals surface area contributed by atoms with Crippen molar-refractivity contribution in [2.45, 2.75) is 58.5 Å². The van der Waals surface area contributed by atoms with Crippen molar-refractivity contribution in [2.75, 3.05) is 25.4 Å². The largest absolute Gasteiger partial charge is 0.482 e. The molecule has 5 heteroatoms. The van der Waals surface area contributed by atoms with Gasteiger partial charge in [-0.15, -0.1) is 11.8 Å². The van der Waals surface area contributed by atoms with E-state index in [1.54, 1.807) is 0 Å². The number of aryl methyl sites for hydroxylation is 1. The Morgan fingerprint density at radius 3 is 2.81 bits per heavy atom. The molecule has 3 aliphatic rings. The third-order valence-electron chi connectivity index (χ3n) is 5.60. The van der Waals surface area contributed by atoms with Crippen LogP contribution in [0.3, 0.4) is 0 Å². The minimum absolute atomic E-state index is 0.147. The second-order valence-electron chi connectivity index (χ2n) is 8.28. The van der Waals surface area contributed by atoms with E-state index >= 15 is 0 Å². The Morgan fingerprint density at radius 1 is 1.26 bits per heavy atom. The lowest BCUT2D eigenvalue weighted by Gasteiger charge is -2.35. The van der Waals surface area contributed by atoms with Gasteiger partial charge in [-0.2, -0.15) is 0 Å². The summed E-state index contributed by atoms with van der Waals surface area (Å²) in [6.45, 7) is 9.26. The highest BCUT2D eigenvalue weighted by Crippen LogP contribution is 2.53. The predicted molar refractivity (Wildman–Crippen MR) is 110 cm³/mol. The summed E-state index contributed by atoms with van der Waals surface area (Å²) < 4.78 is 12.2. The first kappa shape index (κ1) is 18.9. The molecule has 0 bridgehead atoms. The molecular weight excluding hydrogens is 358 g/mol. The molecule has 27 heavy (non-hydrogen) atoms. The number of carbonyl (C=O) groups is 1. The van der Waals surface area contributed by atoms with Crippen LogP contribution < -0.4 is 9.47 Å². The lowest BCUT2D eigenvalue weighted by molar-refractivity contribution is -0.134. The molecule has 0 atom stereocenters. The molecule has 0 unspecified atom stereocenters. The summed E-state index contributed by atoms with van der Waals surface area (Å²) >= 11 is 1.87. The normalized spacial score (nSPS) is 21.4. The van der Waals surface area contributed by atoms with Crippen molar-refractivity contribution in [3.05, 3.63) is 28.2 Å². The van der Waals surface area contributed by atoms with Crippen molar-refractivity contribution >= 4 is 23.3 Å². The van der Waals surface area contributed by atoms with Gasteiger partial charge in [0.05, 0.1) is 12.0 Å². The molecule has 0 radical (unpaired) electrons. The van der Waals surface area contributed by atoms with Crippen LogP contribution in [0.2, 0.25) is 0 Å². The number of thioether (sulfide) groups is 1. The molecular formula is C22H29NO3S. The zero-order valence-electron chi connectivity index (χ0n) is 16.6. The number of likely N-dealkylation sites (tertiary alicyclic amines) is 1. The maximum atomic E-state index is 12.6. The Bertz CT molecular complexity index is 778. The molecule has 0 amide bonds. The van der Waals surface area contributed by atoms with Crippen molar-refractivity contribution in [1.29, 1.82) is 0 Å². The smallest absolute Gasteiger partial charge is 0.312 e. The minimum Gasteiger partial charge on any atom is -0.482 e. The molecule has 0 aromatic heterocycles. The fourth-order valence-corrected chi connectivity index (χ4v) is 5.62. The van der Waals surface area contributed by atoms with Gasteiger partial charge in [-0.25, -0.2) is 0 Å². The van der Waals surface area contributed by atoms with Gasteiger partial charge in [-0.3, -0.25) is 4.79 Å². The number of rotatable bonds is 4. The molecule has 3 aliphatic heterocycles. The number of fused-ring (bicyclic) bond motifs is 2. The van der Waals surface area contributed by atoms with Crippen molar-refractivity contribution < 1.29 is 14.3 Å². The Labute approximate surface area is 166 Å². The van der Waals surface area contributed by atoms with Crippen LogP contribution in [0.4, 0.5) is 0 Å². The number of piperidine rings is 1. The molecule has 0 saturated carbocycles. The van der Waals surface area contributed by atoms with Crippen LogP contribution in [0.5, 0.6) is 11.5 Å². The fraction of sp³-hybridized carbons (Fsp3) is 0.591. The fourth-order valence-electron chi connectivity index (χ4n) is 4.34. The first-order valence-corrected chi connectivity index (χ1v) is 11.1. The third kappa shape index (κ3) is 3.90. The lowest BCUT2D eigenvalue weighted by Crippen LogP contribution is -2.33. The summed E-state index contributed by atoms with van der Waals surface area (Å²) in [7, 11) is 0. The van der Waals surface area contributed by atoms with Crippen LogP contribution in [0.1, 0.15) is 57.1 Å². The summed E-state index contributed by atoms with van der Waals surface area (Å²) in [5.74, 6) is 2.43. The molecule has 146 valence electrons. The average Bonchev–Trinajstić information content (AvgIpc) is 3.11. The highest BCUT2D eigenvalue weighted by atomic mass is 32.2.